The Bertz CT molecular complexity index is 707. The van der Waals surface area contributed by atoms with Gasteiger partial charge in [-0.15, -0.1) is 11.8 Å². The number of rotatable bonds is 4. The summed E-state index contributed by atoms with van der Waals surface area (Å²) in [6, 6.07) is 21.1. The number of benzene rings is 2. The van der Waals surface area contributed by atoms with Crippen LogP contribution in [0, 0.1) is 0 Å². The van der Waals surface area contributed by atoms with Gasteiger partial charge in [0.2, 0.25) is 0 Å². The minimum Gasteiger partial charge on any atom is -0.289 e. The van der Waals surface area contributed by atoms with Crippen LogP contribution in [0.2, 0.25) is 0 Å². The molecule has 1 saturated heterocycles. The van der Waals surface area contributed by atoms with E-state index in [1.807, 2.05) is 11.8 Å². The Morgan fingerprint density at radius 3 is 2.57 bits per heavy atom. The highest BCUT2D eigenvalue weighted by Crippen LogP contribution is 2.41. The van der Waals surface area contributed by atoms with Crippen molar-refractivity contribution in [3.05, 3.63) is 71.8 Å². The van der Waals surface area contributed by atoms with E-state index in [4.69, 9.17) is 0 Å². The molecular weight excluding hydrogens is 298 g/mol. The van der Waals surface area contributed by atoms with Crippen LogP contribution in [0.5, 0.6) is 0 Å². The standard InChI is InChI=1S/C21H23NS/c1-23-21-10-6-5-9-20(21)17-13-18-11-12-19(14-17)22(18)15-16-7-3-2-4-8-16/h2-10,13,18-19H,11-12,14-15H2,1H3. The Labute approximate surface area is 143 Å². The molecule has 2 atom stereocenters. The van der Waals surface area contributed by atoms with Crippen molar-refractivity contribution in [1.29, 1.82) is 0 Å². The van der Waals surface area contributed by atoms with Crippen molar-refractivity contribution in [2.24, 2.45) is 0 Å². The molecular formula is C21H23NS. The smallest absolute Gasteiger partial charge is 0.0291 e. The van der Waals surface area contributed by atoms with Crippen LogP contribution in [0.25, 0.3) is 5.57 Å². The molecule has 2 aromatic carbocycles. The Balaban J connectivity index is 1.59. The summed E-state index contributed by atoms with van der Waals surface area (Å²) in [6.45, 7) is 1.09. The number of hydrogen-bond donors (Lipinski definition) is 0. The summed E-state index contributed by atoms with van der Waals surface area (Å²) in [6.07, 6.45) is 8.56. The average molecular weight is 321 g/mol. The summed E-state index contributed by atoms with van der Waals surface area (Å²) in [5.41, 5.74) is 4.45. The molecule has 0 saturated carbocycles. The molecule has 0 N–H and O–H groups in total. The lowest BCUT2D eigenvalue weighted by Gasteiger charge is -2.34. The van der Waals surface area contributed by atoms with Crippen molar-refractivity contribution in [1.82, 2.24) is 4.90 Å². The number of thioether (sulfide) groups is 1. The van der Waals surface area contributed by atoms with Gasteiger partial charge in [-0.25, -0.2) is 0 Å². The zero-order valence-corrected chi connectivity index (χ0v) is 14.4. The predicted octanol–water partition coefficient (Wildman–Crippen LogP) is 5.23. The first-order chi connectivity index (χ1) is 11.3. The number of nitrogens with zero attached hydrogens (tertiary/aromatic N) is 1. The molecule has 118 valence electrons. The second kappa shape index (κ2) is 6.54. The highest BCUT2D eigenvalue weighted by molar-refractivity contribution is 7.98. The van der Waals surface area contributed by atoms with Crippen LogP contribution in [0.3, 0.4) is 0 Å². The highest BCUT2D eigenvalue weighted by atomic mass is 32.2. The summed E-state index contributed by atoms with van der Waals surface area (Å²) in [7, 11) is 0. The molecule has 1 nitrogen and oxygen atoms in total. The predicted molar refractivity (Wildman–Crippen MR) is 99.6 cm³/mol. The van der Waals surface area contributed by atoms with Crippen LogP contribution >= 0.6 is 11.8 Å². The maximum absolute atomic E-state index is 2.71. The van der Waals surface area contributed by atoms with Gasteiger partial charge in [0.05, 0.1) is 0 Å². The van der Waals surface area contributed by atoms with E-state index in [2.05, 4.69) is 71.8 Å². The first kappa shape index (κ1) is 15.0. The fraction of sp³-hybridized carbons (Fsp3) is 0.333. The second-order valence-electron chi connectivity index (χ2n) is 6.55. The molecule has 2 unspecified atom stereocenters. The van der Waals surface area contributed by atoms with E-state index in [1.165, 1.54) is 35.3 Å². The fourth-order valence-electron chi connectivity index (χ4n) is 4.07. The minimum atomic E-state index is 0.610. The Morgan fingerprint density at radius 2 is 1.78 bits per heavy atom. The van der Waals surface area contributed by atoms with Crippen LogP contribution in [0.4, 0.5) is 0 Å². The van der Waals surface area contributed by atoms with E-state index >= 15 is 0 Å². The van der Waals surface area contributed by atoms with Crippen molar-refractivity contribution in [2.45, 2.75) is 42.8 Å². The lowest BCUT2D eigenvalue weighted by Crippen LogP contribution is -2.37. The summed E-state index contributed by atoms with van der Waals surface area (Å²) in [5.74, 6) is 0. The topological polar surface area (TPSA) is 3.24 Å². The first-order valence-corrected chi connectivity index (χ1v) is 9.71. The number of hydrogen-bond acceptors (Lipinski definition) is 2. The van der Waals surface area contributed by atoms with Crippen molar-refractivity contribution >= 4 is 17.3 Å². The van der Waals surface area contributed by atoms with E-state index in [9.17, 15) is 0 Å². The van der Waals surface area contributed by atoms with E-state index < -0.39 is 0 Å². The SMILES string of the molecule is CSc1ccccc1C1=CC2CCC(C1)N2Cc1ccccc1. The average Bonchev–Trinajstić information content (AvgIpc) is 2.84. The van der Waals surface area contributed by atoms with Crippen LogP contribution in [0.1, 0.15) is 30.4 Å². The van der Waals surface area contributed by atoms with Crippen LogP contribution in [-0.2, 0) is 6.54 Å². The van der Waals surface area contributed by atoms with Gasteiger partial charge in [-0.2, -0.15) is 0 Å². The zero-order chi connectivity index (χ0) is 15.6. The quantitative estimate of drug-likeness (QED) is 0.709. The van der Waals surface area contributed by atoms with Crippen LogP contribution in [0.15, 0.2) is 65.6 Å². The Hall–Kier alpha value is -1.51. The maximum Gasteiger partial charge on any atom is 0.0291 e. The minimum absolute atomic E-state index is 0.610. The summed E-state index contributed by atoms with van der Waals surface area (Å²) >= 11 is 1.86. The maximum atomic E-state index is 2.71. The molecule has 2 aromatic rings. The molecule has 1 fully saturated rings. The van der Waals surface area contributed by atoms with E-state index in [0.29, 0.717) is 12.1 Å². The summed E-state index contributed by atoms with van der Waals surface area (Å²) in [4.78, 5) is 4.12. The molecule has 0 aromatic heterocycles. The second-order valence-corrected chi connectivity index (χ2v) is 7.40. The van der Waals surface area contributed by atoms with Gasteiger partial charge < -0.3 is 0 Å². The van der Waals surface area contributed by atoms with Crippen LogP contribution < -0.4 is 0 Å². The van der Waals surface area contributed by atoms with Gasteiger partial charge in [0.25, 0.3) is 0 Å². The molecule has 0 amide bonds. The molecule has 2 aliphatic rings. The molecule has 2 bridgehead atoms. The zero-order valence-electron chi connectivity index (χ0n) is 13.6. The number of fused-ring (bicyclic) bond motifs is 2. The third kappa shape index (κ3) is 2.98. The largest absolute Gasteiger partial charge is 0.289 e. The van der Waals surface area contributed by atoms with Crippen molar-refractivity contribution in [2.75, 3.05) is 6.26 Å². The molecule has 2 heteroatoms. The molecule has 4 rings (SSSR count). The van der Waals surface area contributed by atoms with E-state index in [-0.39, 0.29) is 0 Å². The van der Waals surface area contributed by atoms with Crippen LogP contribution in [-0.4, -0.2) is 23.2 Å². The Kier molecular flexibility index (Phi) is 4.28. The van der Waals surface area contributed by atoms with Gasteiger partial charge in [0, 0.05) is 23.5 Å². The highest BCUT2D eigenvalue weighted by Gasteiger charge is 2.36. The molecule has 0 spiro atoms. The fourth-order valence-corrected chi connectivity index (χ4v) is 4.70. The van der Waals surface area contributed by atoms with Gasteiger partial charge in [-0.05, 0) is 48.3 Å². The van der Waals surface area contributed by atoms with Gasteiger partial charge in [-0.3, -0.25) is 4.90 Å². The van der Waals surface area contributed by atoms with Crippen molar-refractivity contribution in [3.8, 4) is 0 Å². The van der Waals surface area contributed by atoms with Crippen molar-refractivity contribution in [3.63, 3.8) is 0 Å². The van der Waals surface area contributed by atoms with E-state index in [1.54, 1.807) is 5.57 Å². The molecule has 23 heavy (non-hydrogen) atoms. The van der Waals surface area contributed by atoms with Gasteiger partial charge in [-0.1, -0.05) is 54.6 Å². The first-order valence-electron chi connectivity index (χ1n) is 8.49. The summed E-state index contributed by atoms with van der Waals surface area (Å²) in [5, 5.41) is 0. The third-order valence-electron chi connectivity index (χ3n) is 5.20. The third-order valence-corrected chi connectivity index (χ3v) is 6.00. The molecule has 0 aliphatic carbocycles. The van der Waals surface area contributed by atoms with Crippen molar-refractivity contribution < 1.29 is 0 Å². The lowest BCUT2D eigenvalue weighted by atomic mass is 9.94. The van der Waals surface area contributed by atoms with Gasteiger partial charge in [0.1, 0.15) is 0 Å². The lowest BCUT2D eigenvalue weighted by molar-refractivity contribution is 0.203. The van der Waals surface area contributed by atoms with Gasteiger partial charge in [0.15, 0.2) is 0 Å². The molecule has 0 radical (unpaired) electrons. The monoisotopic (exact) mass is 321 g/mol. The normalized spacial score (nSPS) is 23.8. The van der Waals surface area contributed by atoms with Gasteiger partial charge >= 0.3 is 0 Å². The molecule has 2 aliphatic heterocycles. The summed E-state index contributed by atoms with van der Waals surface area (Å²) < 4.78 is 0. The van der Waals surface area contributed by atoms with E-state index in [0.717, 1.165) is 6.54 Å². The Morgan fingerprint density at radius 1 is 1.00 bits per heavy atom. The molecule has 2 heterocycles.